The maximum absolute atomic E-state index is 2.36. The van der Waals surface area contributed by atoms with E-state index < -0.39 is 0 Å². The Bertz CT molecular complexity index is 2490. The first-order valence-corrected chi connectivity index (χ1v) is 15.3. The zero-order chi connectivity index (χ0) is 29.0. The number of rotatable bonds is 3. The van der Waals surface area contributed by atoms with Crippen LogP contribution in [0.2, 0.25) is 0 Å². The van der Waals surface area contributed by atoms with Crippen LogP contribution in [-0.2, 0) is 0 Å². The Morgan fingerprint density at radius 2 is 0.636 bits per heavy atom. The minimum atomic E-state index is 1.23. The molecular weight excluding hydrogens is 528 g/mol. The summed E-state index contributed by atoms with van der Waals surface area (Å²) in [6.07, 6.45) is 0. The molecule has 0 aliphatic rings. The molecule has 0 aliphatic heterocycles. The second-order valence-corrected chi connectivity index (χ2v) is 11.7. The Kier molecular flexibility index (Phi) is 5.61. The summed E-state index contributed by atoms with van der Waals surface area (Å²) in [5.41, 5.74) is 7.46. The van der Waals surface area contributed by atoms with Crippen molar-refractivity contribution in [1.82, 2.24) is 0 Å². The fourth-order valence-electron chi connectivity index (χ4n) is 7.01. The predicted octanol–water partition coefficient (Wildman–Crippen LogP) is 12.5. The highest BCUT2D eigenvalue weighted by molar-refractivity contribution is 6.25. The second kappa shape index (κ2) is 9.93. The fourth-order valence-corrected chi connectivity index (χ4v) is 7.01. The van der Waals surface area contributed by atoms with Gasteiger partial charge in [0.1, 0.15) is 0 Å². The van der Waals surface area contributed by atoms with Crippen molar-refractivity contribution in [3.63, 3.8) is 0 Å². The molecule has 44 heavy (non-hydrogen) atoms. The van der Waals surface area contributed by atoms with Crippen molar-refractivity contribution in [3.05, 3.63) is 170 Å². The van der Waals surface area contributed by atoms with Gasteiger partial charge in [-0.15, -0.1) is 0 Å². The molecule has 9 aromatic carbocycles. The van der Waals surface area contributed by atoms with Crippen LogP contribution in [0, 0.1) is 0 Å². The van der Waals surface area contributed by atoms with Crippen LogP contribution in [0.15, 0.2) is 170 Å². The maximum atomic E-state index is 2.36. The third-order valence-corrected chi connectivity index (χ3v) is 9.24. The van der Waals surface area contributed by atoms with Crippen molar-refractivity contribution < 1.29 is 0 Å². The molecule has 0 heterocycles. The predicted molar refractivity (Wildman–Crippen MR) is 190 cm³/mol. The standard InChI is InChI=1S/C44H28/c1-2-10-37-31(8-1)9-7-15-38(37)36-23-22-33-26-32(20-21-34(33)27-36)29-16-18-30(19-17-29)35-24-25-43-41-13-4-3-11-39(41)40-12-5-6-14-42(40)44(43)28-35/h1-28H. The number of benzene rings is 9. The van der Waals surface area contributed by atoms with Crippen LogP contribution in [0.4, 0.5) is 0 Å². The minimum Gasteiger partial charge on any atom is -0.0616 e. The highest BCUT2D eigenvalue weighted by Gasteiger charge is 2.10. The Balaban J connectivity index is 1.07. The van der Waals surface area contributed by atoms with Crippen LogP contribution >= 0.6 is 0 Å². The van der Waals surface area contributed by atoms with Crippen LogP contribution < -0.4 is 0 Å². The minimum absolute atomic E-state index is 1.23. The molecule has 0 atom stereocenters. The molecule has 0 nitrogen and oxygen atoms in total. The lowest BCUT2D eigenvalue weighted by Crippen LogP contribution is -1.86. The lowest BCUT2D eigenvalue weighted by Gasteiger charge is -2.12. The fraction of sp³-hybridized carbons (Fsp3) is 0. The van der Waals surface area contributed by atoms with Gasteiger partial charge in [0, 0.05) is 0 Å². The van der Waals surface area contributed by atoms with Gasteiger partial charge < -0.3 is 0 Å². The van der Waals surface area contributed by atoms with Crippen LogP contribution in [0.25, 0.3) is 87.2 Å². The van der Waals surface area contributed by atoms with Crippen molar-refractivity contribution >= 4 is 53.9 Å². The molecule has 0 spiro atoms. The van der Waals surface area contributed by atoms with Gasteiger partial charge in [-0.3, -0.25) is 0 Å². The Hall–Kier alpha value is -5.72. The topological polar surface area (TPSA) is 0 Å². The largest absolute Gasteiger partial charge is 0.0616 e. The van der Waals surface area contributed by atoms with Crippen LogP contribution in [-0.4, -0.2) is 0 Å². The van der Waals surface area contributed by atoms with Crippen LogP contribution in [0.3, 0.4) is 0 Å². The molecule has 9 aromatic rings. The van der Waals surface area contributed by atoms with Crippen molar-refractivity contribution in [2.75, 3.05) is 0 Å². The van der Waals surface area contributed by atoms with Gasteiger partial charge in [-0.2, -0.15) is 0 Å². The summed E-state index contributed by atoms with van der Waals surface area (Å²) in [4.78, 5) is 0. The van der Waals surface area contributed by atoms with E-state index in [2.05, 4.69) is 170 Å². The van der Waals surface area contributed by atoms with Gasteiger partial charge in [0.2, 0.25) is 0 Å². The molecule has 0 heteroatoms. The Labute approximate surface area is 256 Å². The van der Waals surface area contributed by atoms with Gasteiger partial charge >= 0.3 is 0 Å². The Morgan fingerprint density at radius 1 is 0.205 bits per heavy atom. The molecular formula is C44H28. The van der Waals surface area contributed by atoms with E-state index in [1.807, 2.05) is 0 Å². The zero-order valence-electron chi connectivity index (χ0n) is 24.2. The molecule has 0 radical (unpaired) electrons. The molecule has 204 valence electrons. The number of fused-ring (bicyclic) bond motifs is 8. The number of hydrogen-bond donors (Lipinski definition) is 0. The van der Waals surface area contributed by atoms with Crippen molar-refractivity contribution in [3.8, 4) is 33.4 Å². The lowest BCUT2D eigenvalue weighted by atomic mass is 9.91. The molecule has 0 aliphatic carbocycles. The summed E-state index contributed by atoms with van der Waals surface area (Å²) in [6, 6.07) is 62.3. The van der Waals surface area contributed by atoms with Crippen molar-refractivity contribution in [1.29, 1.82) is 0 Å². The average molecular weight is 557 g/mol. The third kappa shape index (κ3) is 4.00. The van der Waals surface area contributed by atoms with E-state index in [-0.39, 0.29) is 0 Å². The van der Waals surface area contributed by atoms with E-state index in [1.165, 1.54) is 87.2 Å². The molecule has 0 amide bonds. The van der Waals surface area contributed by atoms with E-state index in [4.69, 9.17) is 0 Å². The molecule has 0 fully saturated rings. The van der Waals surface area contributed by atoms with E-state index in [0.29, 0.717) is 0 Å². The summed E-state index contributed by atoms with van der Waals surface area (Å²) in [5, 5.41) is 12.9. The van der Waals surface area contributed by atoms with E-state index in [0.717, 1.165) is 0 Å². The summed E-state index contributed by atoms with van der Waals surface area (Å²) in [7, 11) is 0. The van der Waals surface area contributed by atoms with E-state index in [9.17, 15) is 0 Å². The summed E-state index contributed by atoms with van der Waals surface area (Å²) >= 11 is 0. The van der Waals surface area contributed by atoms with Gasteiger partial charge in [-0.05, 0) is 105 Å². The van der Waals surface area contributed by atoms with Gasteiger partial charge in [0.15, 0.2) is 0 Å². The van der Waals surface area contributed by atoms with Gasteiger partial charge in [-0.25, -0.2) is 0 Å². The summed E-state index contributed by atoms with van der Waals surface area (Å²) in [6.45, 7) is 0. The zero-order valence-corrected chi connectivity index (χ0v) is 24.2. The lowest BCUT2D eigenvalue weighted by molar-refractivity contribution is 1.61. The average Bonchev–Trinajstić information content (AvgIpc) is 3.11. The molecule has 9 rings (SSSR count). The monoisotopic (exact) mass is 556 g/mol. The van der Waals surface area contributed by atoms with Gasteiger partial charge in [0.25, 0.3) is 0 Å². The quantitative estimate of drug-likeness (QED) is 0.190. The molecule has 0 saturated heterocycles. The molecule has 0 unspecified atom stereocenters. The SMILES string of the molecule is c1ccc2c(-c3ccc4cc(-c5ccc(-c6ccc7c8ccccc8c8ccccc8c7c6)cc5)ccc4c3)cccc2c1. The number of hydrogen-bond acceptors (Lipinski definition) is 0. The van der Waals surface area contributed by atoms with Crippen molar-refractivity contribution in [2.45, 2.75) is 0 Å². The molecule has 0 bridgehead atoms. The molecule has 0 aromatic heterocycles. The highest BCUT2D eigenvalue weighted by atomic mass is 14.1. The van der Waals surface area contributed by atoms with Crippen LogP contribution in [0.1, 0.15) is 0 Å². The molecule has 0 N–H and O–H groups in total. The third-order valence-electron chi connectivity index (χ3n) is 9.24. The normalized spacial score (nSPS) is 11.6. The first-order chi connectivity index (χ1) is 21.8. The highest BCUT2D eigenvalue weighted by Crippen LogP contribution is 2.38. The Morgan fingerprint density at radius 3 is 1.30 bits per heavy atom. The van der Waals surface area contributed by atoms with Crippen molar-refractivity contribution in [2.24, 2.45) is 0 Å². The summed E-state index contributed by atoms with van der Waals surface area (Å²) < 4.78 is 0. The van der Waals surface area contributed by atoms with Crippen LogP contribution in [0.5, 0.6) is 0 Å². The van der Waals surface area contributed by atoms with E-state index in [1.54, 1.807) is 0 Å². The van der Waals surface area contributed by atoms with E-state index >= 15 is 0 Å². The molecule has 0 saturated carbocycles. The smallest absolute Gasteiger partial charge is 0.00928 e. The maximum Gasteiger partial charge on any atom is -0.00928 e. The van der Waals surface area contributed by atoms with Gasteiger partial charge in [-0.1, -0.05) is 152 Å². The summed E-state index contributed by atoms with van der Waals surface area (Å²) in [5.74, 6) is 0. The second-order valence-electron chi connectivity index (χ2n) is 11.7. The van der Waals surface area contributed by atoms with Gasteiger partial charge in [0.05, 0.1) is 0 Å². The first-order valence-electron chi connectivity index (χ1n) is 15.3. The first kappa shape index (κ1) is 24.8.